The standard InChI is InChI=1S/C32H33O3P/c1-22-19-28(32(2,3)4)30(35-21-34-5)29(20-22)36(33,23-13-7-6-8-14-23)31-26-17-11-9-15-24(26)25-16-10-12-18-27(25)31/h6-20,31H,21H2,1-5H3. The van der Waals surface area contributed by atoms with Gasteiger partial charge in [0.1, 0.15) is 5.75 Å². The minimum Gasteiger partial charge on any atom is -0.466 e. The predicted molar refractivity (Wildman–Crippen MR) is 149 cm³/mol. The molecule has 1 unspecified atom stereocenters. The van der Waals surface area contributed by atoms with E-state index in [-0.39, 0.29) is 17.9 Å². The van der Waals surface area contributed by atoms with Gasteiger partial charge in [-0.25, -0.2) is 0 Å². The molecule has 5 rings (SSSR count). The smallest absolute Gasteiger partial charge is 0.188 e. The molecule has 0 heterocycles. The molecule has 0 bridgehead atoms. The van der Waals surface area contributed by atoms with Crippen molar-refractivity contribution in [3.8, 4) is 16.9 Å². The van der Waals surface area contributed by atoms with Gasteiger partial charge in [0.25, 0.3) is 0 Å². The van der Waals surface area contributed by atoms with E-state index in [1.54, 1.807) is 7.11 Å². The fourth-order valence-corrected chi connectivity index (χ4v) is 9.01. The van der Waals surface area contributed by atoms with Gasteiger partial charge in [0.05, 0.1) is 11.0 Å². The summed E-state index contributed by atoms with van der Waals surface area (Å²) >= 11 is 0. The molecule has 0 fully saturated rings. The Hall–Kier alpha value is -3.13. The van der Waals surface area contributed by atoms with Crippen molar-refractivity contribution >= 4 is 17.8 Å². The Labute approximate surface area is 214 Å². The van der Waals surface area contributed by atoms with Crippen LogP contribution in [0.3, 0.4) is 0 Å². The highest BCUT2D eigenvalue weighted by Crippen LogP contribution is 2.67. The van der Waals surface area contributed by atoms with Crippen molar-refractivity contribution < 1.29 is 14.0 Å². The lowest BCUT2D eigenvalue weighted by Crippen LogP contribution is -2.27. The van der Waals surface area contributed by atoms with Gasteiger partial charge in [-0.1, -0.05) is 106 Å². The van der Waals surface area contributed by atoms with Crippen LogP contribution in [0.4, 0.5) is 0 Å². The van der Waals surface area contributed by atoms with Crippen molar-refractivity contribution in [2.24, 2.45) is 0 Å². The summed E-state index contributed by atoms with van der Waals surface area (Å²) in [5.74, 6) is 0.670. The third-order valence-electron chi connectivity index (χ3n) is 7.00. The molecule has 0 radical (unpaired) electrons. The summed E-state index contributed by atoms with van der Waals surface area (Å²) in [6.07, 6.45) is 0. The first-order valence-electron chi connectivity index (χ1n) is 12.4. The summed E-state index contributed by atoms with van der Waals surface area (Å²) < 4.78 is 27.7. The van der Waals surface area contributed by atoms with Crippen LogP contribution in [0, 0.1) is 6.92 Å². The zero-order valence-electron chi connectivity index (χ0n) is 21.6. The molecule has 0 aliphatic heterocycles. The lowest BCUT2D eigenvalue weighted by atomic mass is 9.85. The van der Waals surface area contributed by atoms with Gasteiger partial charge in [0.2, 0.25) is 0 Å². The van der Waals surface area contributed by atoms with E-state index in [1.165, 1.54) is 0 Å². The van der Waals surface area contributed by atoms with E-state index in [0.29, 0.717) is 5.75 Å². The van der Waals surface area contributed by atoms with Crippen molar-refractivity contribution in [1.29, 1.82) is 0 Å². The van der Waals surface area contributed by atoms with Gasteiger partial charge in [-0.3, -0.25) is 0 Å². The van der Waals surface area contributed by atoms with Crippen molar-refractivity contribution in [1.82, 2.24) is 0 Å². The highest BCUT2D eigenvalue weighted by molar-refractivity contribution is 7.79. The number of hydrogen-bond donors (Lipinski definition) is 0. The van der Waals surface area contributed by atoms with E-state index < -0.39 is 7.14 Å². The fourth-order valence-electron chi connectivity index (χ4n) is 5.42. The Morgan fingerprint density at radius 1 is 0.806 bits per heavy atom. The lowest BCUT2D eigenvalue weighted by Gasteiger charge is -2.32. The minimum atomic E-state index is -3.32. The van der Waals surface area contributed by atoms with E-state index in [1.807, 2.05) is 42.5 Å². The van der Waals surface area contributed by atoms with Crippen LogP contribution < -0.4 is 15.3 Å². The van der Waals surface area contributed by atoms with Gasteiger partial charge in [-0.15, -0.1) is 0 Å². The van der Waals surface area contributed by atoms with Gasteiger partial charge in [-0.05, 0) is 46.2 Å². The predicted octanol–water partition coefficient (Wildman–Crippen LogP) is 7.36. The molecule has 1 aliphatic carbocycles. The number of hydrogen-bond acceptors (Lipinski definition) is 3. The number of rotatable bonds is 6. The summed E-state index contributed by atoms with van der Waals surface area (Å²) in [5.41, 5.74) is 6.07. The topological polar surface area (TPSA) is 35.5 Å². The van der Waals surface area contributed by atoms with Crippen LogP contribution in [-0.2, 0) is 14.7 Å². The Morgan fingerprint density at radius 3 is 1.92 bits per heavy atom. The molecular weight excluding hydrogens is 463 g/mol. The second-order valence-electron chi connectivity index (χ2n) is 10.5. The van der Waals surface area contributed by atoms with Gasteiger partial charge < -0.3 is 14.0 Å². The van der Waals surface area contributed by atoms with Gasteiger partial charge >= 0.3 is 0 Å². The molecule has 0 aromatic heterocycles. The van der Waals surface area contributed by atoms with Crippen LogP contribution >= 0.6 is 7.14 Å². The molecule has 0 spiro atoms. The van der Waals surface area contributed by atoms with E-state index in [9.17, 15) is 0 Å². The van der Waals surface area contributed by atoms with Crippen LogP contribution in [0.5, 0.6) is 5.75 Å². The first kappa shape index (κ1) is 24.6. The highest BCUT2D eigenvalue weighted by Gasteiger charge is 2.46. The van der Waals surface area contributed by atoms with Crippen LogP contribution in [0.15, 0.2) is 91.0 Å². The summed E-state index contributed by atoms with van der Waals surface area (Å²) in [5, 5.41) is 1.58. The maximum Gasteiger partial charge on any atom is 0.188 e. The number of fused-ring (bicyclic) bond motifs is 3. The molecule has 4 heteroatoms. The second-order valence-corrected chi connectivity index (χ2v) is 13.4. The molecule has 0 saturated heterocycles. The van der Waals surface area contributed by atoms with Crippen LogP contribution in [-0.4, -0.2) is 13.9 Å². The monoisotopic (exact) mass is 496 g/mol. The first-order valence-corrected chi connectivity index (χ1v) is 14.2. The zero-order chi connectivity index (χ0) is 25.5. The van der Waals surface area contributed by atoms with Crippen molar-refractivity contribution in [2.45, 2.75) is 38.8 Å². The number of ether oxygens (including phenoxy) is 2. The Kier molecular flexibility index (Phi) is 6.41. The lowest BCUT2D eigenvalue weighted by molar-refractivity contribution is 0.0506. The summed E-state index contributed by atoms with van der Waals surface area (Å²) in [4.78, 5) is 0. The Bertz CT molecular complexity index is 1400. The molecule has 0 N–H and O–H groups in total. The number of benzene rings is 4. The third-order valence-corrected chi connectivity index (χ3v) is 10.4. The second kappa shape index (κ2) is 9.39. The molecule has 184 valence electrons. The van der Waals surface area contributed by atoms with Gasteiger partial charge in [-0.2, -0.15) is 0 Å². The zero-order valence-corrected chi connectivity index (χ0v) is 22.5. The Morgan fingerprint density at radius 2 is 1.36 bits per heavy atom. The molecular formula is C32H33O3P. The molecule has 0 saturated carbocycles. The first-order chi connectivity index (χ1) is 17.3. The van der Waals surface area contributed by atoms with Crippen molar-refractivity contribution in [3.63, 3.8) is 0 Å². The average molecular weight is 497 g/mol. The number of methoxy groups -OCH3 is 1. The largest absolute Gasteiger partial charge is 0.466 e. The SMILES string of the molecule is COCOc1c(C(C)(C)C)cc(C)cc1P(=O)(c1ccccc1)C1c2ccccc2-c2ccccc21. The quantitative estimate of drug-likeness (QED) is 0.207. The maximum absolute atomic E-state index is 16.0. The minimum absolute atomic E-state index is 0.0891. The Balaban J connectivity index is 1.90. The third kappa shape index (κ3) is 4.01. The normalized spacial score (nSPS) is 14.7. The maximum atomic E-state index is 16.0. The van der Waals surface area contributed by atoms with E-state index in [0.717, 1.165) is 44.0 Å². The summed E-state index contributed by atoms with van der Waals surface area (Å²) in [7, 11) is -1.70. The summed E-state index contributed by atoms with van der Waals surface area (Å²) in [6, 6.07) is 30.9. The molecule has 4 aromatic carbocycles. The summed E-state index contributed by atoms with van der Waals surface area (Å²) in [6.45, 7) is 8.66. The van der Waals surface area contributed by atoms with E-state index >= 15 is 4.57 Å². The van der Waals surface area contributed by atoms with Gasteiger partial charge in [0.15, 0.2) is 13.9 Å². The molecule has 4 aromatic rings. The molecule has 1 aliphatic rings. The average Bonchev–Trinajstić information content (AvgIpc) is 3.22. The van der Waals surface area contributed by atoms with Crippen LogP contribution in [0.25, 0.3) is 11.1 Å². The molecule has 36 heavy (non-hydrogen) atoms. The van der Waals surface area contributed by atoms with Crippen molar-refractivity contribution in [2.75, 3.05) is 13.9 Å². The highest BCUT2D eigenvalue weighted by atomic mass is 31.2. The number of aryl methyl sites for hydroxylation is 1. The van der Waals surface area contributed by atoms with Gasteiger partial charge in [0, 0.05) is 18.0 Å². The molecule has 0 amide bonds. The fraction of sp³-hybridized carbons (Fsp3) is 0.250. The van der Waals surface area contributed by atoms with Crippen molar-refractivity contribution in [3.05, 3.63) is 113 Å². The van der Waals surface area contributed by atoms with Crippen LogP contribution in [0.1, 0.15) is 48.7 Å². The van der Waals surface area contributed by atoms with Crippen LogP contribution in [0.2, 0.25) is 0 Å². The molecule has 3 nitrogen and oxygen atoms in total. The van der Waals surface area contributed by atoms with E-state index in [2.05, 4.69) is 76.2 Å². The molecule has 1 atom stereocenters. The van der Waals surface area contributed by atoms with E-state index in [4.69, 9.17) is 9.47 Å².